The lowest BCUT2D eigenvalue weighted by atomic mass is 9.75. The summed E-state index contributed by atoms with van der Waals surface area (Å²) < 4.78 is 3.34. The van der Waals surface area contributed by atoms with Crippen LogP contribution < -0.4 is 10.6 Å². The molecule has 1 aliphatic carbocycles. The summed E-state index contributed by atoms with van der Waals surface area (Å²) in [6.45, 7) is 4.78. The van der Waals surface area contributed by atoms with Gasteiger partial charge in [0.25, 0.3) is 11.8 Å². The van der Waals surface area contributed by atoms with Crippen molar-refractivity contribution in [3.05, 3.63) is 53.9 Å². The molecule has 2 fully saturated rings. The number of carbonyl (C=O) groups excluding carboxylic acids is 2. The standard InChI is InChI=1S/C27H32N8O3S/c1-18-22(12-19(13-29-18)24(37)28-7-9-33-8-3-6-27(33)4-2-5-27)32-25(38)21-15-31-35-17-23(39-26(21)35)20-14-30-34(16-20)10-11-36/h12-17,36H,2-11H2,1H3,(H,28,37)(H,32,38). The normalized spacial score (nSPS) is 16.6. The Kier molecular flexibility index (Phi) is 6.92. The van der Waals surface area contributed by atoms with Crippen LogP contribution in [-0.2, 0) is 6.54 Å². The van der Waals surface area contributed by atoms with Crippen LogP contribution in [0.15, 0.2) is 37.1 Å². The summed E-state index contributed by atoms with van der Waals surface area (Å²) in [6, 6.07) is 1.68. The molecular formula is C27H32N8O3S. The van der Waals surface area contributed by atoms with Gasteiger partial charge < -0.3 is 15.7 Å². The fourth-order valence-corrected chi connectivity index (χ4v) is 6.70. The number of aromatic nitrogens is 5. The molecule has 4 aromatic heterocycles. The number of nitrogens with zero attached hydrogens (tertiary/aromatic N) is 6. The van der Waals surface area contributed by atoms with Gasteiger partial charge in [-0.05, 0) is 51.6 Å². The molecule has 0 aromatic carbocycles. The van der Waals surface area contributed by atoms with Crippen LogP contribution in [0.1, 0.15) is 58.5 Å². The Morgan fingerprint density at radius 1 is 1.08 bits per heavy atom. The van der Waals surface area contributed by atoms with Crippen LogP contribution in [0.3, 0.4) is 0 Å². The summed E-state index contributed by atoms with van der Waals surface area (Å²) in [5, 5.41) is 23.7. The van der Waals surface area contributed by atoms with Crippen molar-refractivity contribution in [2.24, 2.45) is 0 Å². The van der Waals surface area contributed by atoms with Gasteiger partial charge in [0.2, 0.25) is 0 Å². The Morgan fingerprint density at radius 3 is 2.72 bits per heavy atom. The zero-order valence-corrected chi connectivity index (χ0v) is 22.7. The van der Waals surface area contributed by atoms with E-state index in [2.05, 4.69) is 30.7 Å². The second-order valence-electron chi connectivity index (χ2n) is 10.4. The maximum Gasteiger partial charge on any atom is 0.260 e. The first kappa shape index (κ1) is 25.7. The fourth-order valence-electron chi connectivity index (χ4n) is 5.67. The predicted octanol–water partition coefficient (Wildman–Crippen LogP) is 2.96. The van der Waals surface area contributed by atoms with E-state index in [-0.39, 0.29) is 18.4 Å². The number of hydrogen-bond donors (Lipinski definition) is 3. The number of hydrogen-bond acceptors (Lipinski definition) is 8. The van der Waals surface area contributed by atoms with Gasteiger partial charge in [0.1, 0.15) is 4.83 Å². The molecule has 1 saturated heterocycles. The fraction of sp³-hybridized carbons (Fsp3) is 0.444. The second kappa shape index (κ2) is 10.5. The number of aliphatic hydroxyl groups is 1. The minimum atomic E-state index is -0.323. The van der Waals surface area contributed by atoms with Gasteiger partial charge >= 0.3 is 0 Å². The number of rotatable bonds is 9. The molecule has 0 unspecified atom stereocenters. The highest BCUT2D eigenvalue weighted by Gasteiger charge is 2.44. The summed E-state index contributed by atoms with van der Waals surface area (Å²) in [5.41, 5.74) is 3.22. The van der Waals surface area contributed by atoms with E-state index in [1.165, 1.54) is 49.6 Å². The highest BCUT2D eigenvalue weighted by atomic mass is 32.1. The maximum absolute atomic E-state index is 13.2. The number of thiazole rings is 1. The quantitative estimate of drug-likeness (QED) is 0.293. The number of aryl methyl sites for hydroxylation is 1. The molecule has 12 heteroatoms. The Balaban J connectivity index is 1.12. The summed E-state index contributed by atoms with van der Waals surface area (Å²) in [7, 11) is 0. The zero-order valence-electron chi connectivity index (χ0n) is 21.9. The molecule has 1 aliphatic heterocycles. The number of aliphatic hydroxyl groups excluding tert-OH is 1. The lowest BCUT2D eigenvalue weighted by Crippen LogP contribution is -2.51. The third-order valence-corrected chi connectivity index (χ3v) is 9.14. The topological polar surface area (TPSA) is 130 Å². The van der Waals surface area contributed by atoms with Gasteiger partial charge in [0.05, 0.1) is 52.9 Å². The Labute approximate surface area is 229 Å². The molecule has 2 amide bonds. The number of fused-ring (bicyclic) bond motifs is 1. The van der Waals surface area contributed by atoms with Gasteiger partial charge in [-0.3, -0.25) is 24.2 Å². The lowest BCUT2D eigenvalue weighted by Gasteiger charge is -2.46. The van der Waals surface area contributed by atoms with Crippen molar-refractivity contribution in [2.75, 3.05) is 31.6 Å². The van der Waals surface area contributed by atoms with E-state index in [1.54, 1.807) is 34.6 Å². The van der Waals surface area contributed by atoms with Crippen LogP contribution >= 0.6 is 11.3 Å². The zero-order chi connectivity index (χ0) is 27.0. The average molecular weight is 549 g/mol. The van der Waals surface area contributed by atoms with Gasteiger partial charge in [-0.1, -0.05) is 0 Å². The van der Waals surface area contributed by atoms with Crippen LogP contribution in [-0.4, -0.2) is 78.0 Å². The van der Waals surface area contributed by atoms with E-state index in [1.807, 2.05) is 12.4 Å². The largest absolute Gasteiger partial charge is 0.394 e. The molecule has 0 radical (unpaired) electrons. The van der Waals surface area contributed by atoms with Gasteiger partial charge in [0.15, 0.2) is 0 Å². The molecule has 6 rings (SSSR count). The molecule has 1 spiro atoms. The highest BCUT2D eigenvalue weighted by Crippen LogP contribution is 2.45. The number of carbonyl (C=O) groups is 2. The molecule has 5 heterocycles. The number of likely N-dealkylation sites (tertiary alicyclic amines) is 1. The minimum Gasteiger partial charge on any atom is -0.394 e. The molecule has 4 aromatic rings. The van der Waals surface area contributed by atoms with E-state index < -0.39 is 0 Å². The van der Waals surface area contributed by atoms with Crippen LogP contribution in [0, 0.1) is 6.92 Å². The lowest BCUT2D eigenvalue weighted by molar-refractivity contribution is 0.0561. The Morgan fingerprint density at radius 2 is 1.92 bits per heavy atom. The van der Waals surface area contributed by atoms with Gasteiger partial charge in [-0.25, -0.2) is 4.52 Å². The van der Waals surface area contributed by atoms with Crippen LogP contribution in [0.25, 0.3) is 15.3 Å². The average Bonchev–Trinajstić information content (AvgIpc) is 3.68. The summed E-state index contributed by atoms with van der Waals surface area (Å²) in [6.07, 6.45) is 14.9. The van der Waals surface area contributed by atoms with Crippen LogP contribution in [0.5, 0.6) is 0 Å². The Hall–Kier alpha value is -3.61. The number of nitrogens with one attached hydrogen (secondary N) is 2. The highest BCUT2D eigenvalue weighted by molar-refractivity contribution is 7.21. The van der Waals surface area contributed by atoms with Crippen molar-refractivity contribution in [1.82, 2.24) is 34.6 Å². The van der Waals surface area contributed by atoms with Crippen molar-refractivity contribution < 1.29 is 14.7 Å². The first-order valence-electron chi connectivity index (χ1n) is 13.4. The van der Waals surface area contributed by atoms with Crippen molar-refractivity contribution >= 4 is 33.7 Å². The smallest absolute Gasteiger partial charge is 0.260 e. The first-order valence-corrected chi connectivity index (χ1v) is 14.2. The molecule has 3 N–H and O–H groups in total. The van der Waals surface area contributed by atoms with Crippen molar-refractivity contribution in [1.29, 1.82) is 0 Å². The van der Waals surface area contributed by atoms with E-state index in [9.17, 15) is 9.59 Å². The number of pyridine rings is 1. The number of anilines is 1. The molecule has 0 bridgehead atoms. The minimum absolute atomic E-state index is 0.00949. The van der Waals surface area contributed by atoms with Crippen LogP contribution in [0.4, 0.5) is 5.69 Å². The van der Waals surface area contributed by atoms with Crippen molar-refractivity contribution in [2.45, 2.75) is 51.1 Å². The van der Waals surface area contributed by atoms with E-state index in [4.69, 9.17) is 5.11 Å². The van der Waals surface area contributed by atoms with Gasteiger partial charge in [0, 0.05) is 42.8 Å². The molecule has 2 aliphatic rings. The van der Waals surface area contributed by atoms with Crippen molar-refractivity contribution in [3.8, 4) is 10.4 Å². The van der Waals surface area contributed by atoms with E-state index >= 15 is 0 Å². The third-order valence-electron chi connectivity index (χ3n) is 7.98. The van der Waals surface area contributed by atoms with Gasteiger partial charge in [-0.2, -0.15) is 10.2 Å². The van der Waals surface area contributed by atoms with E-state index in [0.717, 1.165) is 23.5 Å². The number of amides is 2. The molecular weight excluding hydrogens is 516 g/mol. The summed E-state index contributed by atoms with van der Waals surface area (Å²) >= 11 is 1.43. The third kappa shape index (κ3) is 4.95. The first-order chi connectivity index (χ1) is 19.0. The van der Waals surface area contributed by atoms with E-state index in [0.29, 0.717) is 46.0 Å². The summed E-state index contributed by atoms with van der Waals surface area (Å²) in [5.74, 6) is -0.519. The predicted molar refractivity (Wildman–Crippen MR) is 148 cm³/mol. The molecule has 204 valence electrons. The molecule has 1 saturated carbocycles. The van der Waals surface area contributed by atoms with Crippen molar-refractivity contribution in [3.63, 3.8) is 0 Å². The summed E-state index contributed by atoms with van der Waals surface area (Å²) in [4.78, 5) is 34.6. The Bertz CT molecular complexity index is 1520. The maximum atomic E-state index is 13.2. The molecule has 11 nitrogen and oxygen atoms in total. The second-order valence-corrected chi connectivity index (χ2v) is 11.4. The van der Waals surface area contributed by atoms with Crippen LogP contribution in [0.2, 0.25) is 0 Å². The monoisotopic (exact) mass is 548 g/mol. The SMILES string of the molecule is Cc1ncc(C(=O)NCCN2CCCC23CCC3)cc1NC(=O)c1cnn2cc(-c3cnn(CCO)c3)sc12. The molecule has 39 heavy (non-hydrogen) atoms. The molecule has 0 atom stereocenters. The van der Waals surface area contributed by atoms with Gasteiger partial charge in [-0.15, -0.1) is 11.3 Å².